The Kier molecular flexibility index (Phi) is 5.72. The lowest BCUT2D eigenvalue weighted by Gasteiger charge is -2.19. The summed E-state index contributed by atoms with van der Waals surface area (Å²) in [6.07, 6.45) is 4.23. The van der Waals surface area contributed by atoms with Gasteiger partial charge >= 0.3 is 0 Å². The van der Waals surface area contributed by atoms with Gasteiger partial charge in [0.1, 0.15) is 4.88 Å². The average Bonchev–Trinajstić information content (AvgIpc) is 3.06. The number of aryl methyl sites for hydroxylation is 1. The smallest absolute Gasteiger partial charge is 0.265 e. The number of nitrogens with zero attached hydrogens (tertiary/aromatic N) is 2. The summed E-state index contributed by atoms with van der Waals surface area (Å²) in [6.45, 7) is 2.39. The number of ether oxygens (including phenoxy) is 1. The first-order valence-corrected chi connectivity index (χ1v) is 8.24. The predicted octanol–water partition coefficient (Wildman–Crippen LogP) is 2.19. The van der Waals surface area contributed by atoms with Crippen molar-refractivity contribution in [2.24, 2.45) is 0 Å². The number of aliphatic hydroxyl groups is 1. The fourth-order valence-electron chi connectivity index (χ4n) is 2.78. The lowest BCUT2D eigenvalue weighted by Crippen LogP contribution is -2.36. The molecule has 6 heteroatoms. The van der Waals surface area contributed by atoms with Crippen molar-refractivity contribution in [1.29, 1.82) is 0 Å². The highest BCUT2D eigenvalue weighted by Crippen LogP contribution is 2.37. The molecular weight excluding hydrogens is 288 g/mol. The van der Waals surface area contributed by atoms with E-state index in [0.29, 0.717) is 10.8 Å². The van der Waals surface area contributed by atoms with Crippen molar-refractivity contribution in [3.63, 3.8) is 0 Å². The normalized spacial score (nSPS) is 17.1. The van der Waals surface area contributed by atoms with Gasteiger partial charge in [0.15, 0.2) is 0 Å². The van der Waals surface area contributed by atoms with Crippen molar-refractivity contribution in [2.75, 3.05) is 27.3 Å². The first-order chi connectivity index (χ1) is 10.0. The Hall–Kier alpha value is -0.980. The maximum Gasteiger partial charge on any atom is 0.265 e. The van der Waals surface area contributed by atoms with Crippen LogP contribution < -0.4 is 0 Å². The van der Waals surface area contributed by atoms with E-state index in [2.05, 4.69) is 4.98 Å². The summed E-state index contributed by atoms with van der Waals surface area (Å²) in [4.78, 5) is 19.3. The third-order valence-corrected chi connectivity index (χ3v) is 5.21. The van der Waals surface area contributed by atoms with E-state index < -0.39 is 6.10 Å². The van der Waals surface area contributed by atoms with E-state index in [1.807, 2.05) is 6.92 Å². The fourth-order valence-corrected chi connectivity index (χ4v) is 4.01. The van der Waals surface area contributed by atoms with Crippen LogP contribution in [-0.2, 0) is 4.74 Å². The fraction of sp³-hybridized carbons (Fsp3) is 0.733. The Bertz CT molecular complexity index is 483. The molecule has 1 heterocycles. The summed E-state index contributed by atoms with van der Waals surface area (Å²) in [7, 11) is 3.24. The van der Waals surface area contributed by atoms with Gasteiger partial charge in [-0.1, -0.05) is 12.8 Å². The number of hydrogen-bond donors (Lipinski definition) is 1. The average molecular weight is 312 g/mol. The molecule has 1 aromatic rings. The van der Waals surface area contributed by atoms with Gasteiger partial charge in [-0.25, -0.2) is 4.98 Å². The molecule has 1 aromatic heterocycles. The van der Waals surface area contributed by atoms with Gasteiger partial charge in [-0.05, 0) is 19.8 Å². The molecule has 0 bridgehead atoms. The first kappa shape index (κ1) is 16.4. The van der Waals surface area contributed by atoms with Gasteiger partial charge in [0.25, 0.3) is 5.91 Å². The van der Waals surface area contributed by atoms with Crippen molar-refractivity contribution in [3.05, 3.63) is 15.6 Å². The number of carbonyl (C=O) groups is 1. The van der Waals surface area contributed by atoms with Gasteiger partial charge in [-0.3, -0.25) is 4.79 Å². The predicted molar refractivity (Wildman–Crippen MR) is 82.9 cm³/mol. The Labute approximate surface area is 129 Å². The van der Waals surface area contributed by atoms with Crippen LogP contribution in [0.4, 0.5) is 0 Å². The molecule has 1 atom stereocenters. The minimum atomic E-state index is -0.661. The Morgan fingerprint density at radius 3 is 2.81 bits per heavy atom. The van der Waals surface area contributed by atoms with Crippen LogP contribution in [-0.4, -0.2) is 54.3 Å². The highest BCUT2D eigenvalue weighted by Gasteiger charge is 2.25. The number of carbonyl (C=O) groups excluding carboxylic acids is 1. The largest absolute Gasteiger partial charge is 0.389 e. The number of rotatable bonds is 6. The van der Waals surface area contributed by atoms with E-state index in [9.17, 15) is 9.90 Å². The minimum absolute atomic E-state index is 0.0654. The molecule has 5 nitrogen and oxygen atoms in total. The minimum Gasteiger partial charge on any atom is -0.389 e. The van der Waals surface area contributed by atoms with Crippen molar-refractivity contribution in [3.8, 4) is 0 Å². The summed E-state index contributed by atoms with van der Waals surface area (Å²) in [5.74, 6) is 0.462. The first-order valence-electron chi connectivity index (χ1n) is 7.42. The van der Waals surface area contributed by atoms with Crippen LogP contribution in [0, 0.1) is 6.92 Å². The van der Waals surface area contributed by atoms with Gasteiger partial charge in [0, 0.05) is 26.6 Å². The number of thiazole rings is 1. The van der Waals surface area contributed by atoms with Crippen molar-refractivity contribution < 1.29 is 14.6 Å². The highest BCUT2D eigenvalue weighted by atomic mass is 32.1. The van der Waals surface area contributed by atoms with Crippen LogP contribution in [0.5, 0.6) is 0 Å². The topological polar surface area (TPSA) is 62.7 Å². The van der Waals surface area contributed by atoms with E-state index in [1.165, 1.54) is 44.1 Å². The third kappa shape index (κ3) is 4.02. The molecule has 1 saturated carbocycles. The van der Waals surface area contributed by atoms with Crippen LogP contribution >= 0.6 is 11.3 Å². The number of amides is 1. The second kappa shape index (κ2) is 7.33. The van der Waals surface area contributed by atoms with Gasteiger partial charge in [0.05, 0.1) is 23.4 Å². The summed E-state index contributed by atoms with van der Waals surface area (Å²) >= 11 is 1.52. The number of methoxy groups -OCH3 is 1. The molecule has 1 amide bonds. The monoisotopic (exact) mass is 312 g/mol. The zero-order valence-electron chi connectivity index (χ0n) is 13.0. The lowest BCUT2D eigenvalue weighted by atomic mass is 10.1. The summed E-state index contributed by atoms with van der Waals surface area (Å²) in [5.41, 5.74) is 0.806. The molecule has 1 fully saturated rings. The van der Waals surface area contributed by atoms with Gasteiger partial charge in [-0.2, -0.15) is 0 Å². The van der Waals surface area contributed by atoms with Crippen LogP contribution in [0.15, 0.2) is 0 Å². The molecule has 1 aliphatic carbocycles. The summed E-state index contributed by atoms with van der Waals surface area (Å²) < 4.78 is 4.89. The van der Waals surface area contributed by atoms with Crippen molar-refractivity contribution in [2.45, 2.75) is 44.6 Å². The molecule has 0 spiro atoms. The number of hydrogen-bond acceptors (Lipinski definition) is 5. The molecule has 0 aliphatic heterocycles. The van der Waals surface area contributed by atoms with Crippen molar-refractivity contribution in [1.82, 2.24) is 9.88 Å². The van der Waals surface area contributed by atoms with E-state index in [-0.39, 0.29) is 19.1 Å². The second-order valence-electron chi connectivity index (χ2n) is 5.74. The quantitative estimate of drug-likeness (QED) is 0.874. The lowest BCUT2D eigenvalue weighted by molar-refractivity contribution is 0.0382. The third-order valence-electron chi connectivity index (χ3n) is 3.90. The molecule has 0 saturated heterocycles. The molecule has 2 rings (SSSR count). The molecule has 1 aliphatic rings. The second-order valence-corrected chi connectivity index (χ2v) is 6.77. The van der Waals surface area contributed by atoms with Crippen LogP contribution in [0.2, 0.25) is 0 Å². The molecular formula is C15H24N2O3S. The SMILES string of the molecule is COCC(O)CN(C)C(=O)c1sc(C2CCCC2)nc1C. The molecule has 1 N–H and O–H groups in total. The maximum absolute atomic E-state index is 12.5. The molecule has 0 radical (unpaired) electrons. The van der Waals surface area contributed by atoms with Crippen LogP contribution in [0.3, 0.4) is 0 Å². The number of likely N-dealkylation sites (N-methyl/N-ethyl adjacent to an activating group) is 1. The zero-order chi connectivity index (χ0) is 15.4. The van der Waals surface area contributed by atoms with E-state index in [0.717, 1.165) is 10.7 Å². The van der Waals surface area contributed by atoms with Gasteiger partial charge in [-0.15, -0.1) is 11.3 Å². The van der Waals surface area contributed by atoms with E-state index in [4.69, 9.17) is 4.74 Å². The Morgan fingerprint density at radius 2 is 2.19 bits per heavy atom. The van der Waals surface area contributed by atoms with E-state index in [1.54, 1.807) is 11.9 Å². The standard InChI is InChI=1S/C15H24N2O3S/c1-10-13(15(19)17(2)8-12(18)9-20-3)21-14(16-10)11-6-4-5-7-11/h11-12,18H,4-9H2,1-3H3. The number of aliphatic hydroxyl groups excluding tert-OH is 1. The molecule has 21 heavy (non-hydrogen) atoms. The van der Waals surface area contributed by atoms with E-state index >= 15 is 0 Å². The molecule has 0 aromatic carbocycles. The van der Waals surface area contributed by atoms with Crippen LogP contribution in [0.1, 0.15) is 52.0 Å². The van der Waals surface area contributed by atoms with Crippen molar-refractivity contribution >= 4 is 17.2 Å². The highest BCUT2D eigenvalue weighted by molar-refractivity contribution is 7.13. The number of aromatic nitrogens is 1. The van der Waals surface area contributed by atoms with Gasteiger partial charge < -0.3 is 14.7 Å². The Balaban J connectivity index is 2.04. The summed E-state index contributed by atoms with van der Waals surface area (Å²) in [5, 5.41) is 10.8. The zero-order valence-corrected chi connectivity index (χ0v) is 13.8. The van der Waals surface area contributed by atoms with Crippen LogP contribution in [0.25, 0.3) is 0 Å². The molecule has 1 unspecified atom stereocenters. The molecule has 118 valence electrons. The maximum atomic E-state index is 12.5. The Morgan fingerprint density at radius 1 is 1.52 bits per heavy atom. The van der Waals surface area contributed by atoms with Gasteiger partial charge in [0.2, 0.25) is 0 Å². The summed E-state index contributed by atoms with van der Waals surface area (Å²) in [6, 6.07) is 0.